The van der Waals surface area contributed by atoms with Crippen LogP contribution in [0, 0.1) is 0 Å². The number of carbonyl (C=O) groups is 2. The predicted octanol–water partition coefficient (Wildman–Crippen LogP) is 3.45. The van der Waals surface area contributed by atoms with Gasteiger partial charge >= 0.3 is 12.1 Å². The molecular formula is C21H19ClN4O4. The van der Waals surface area contributed by atoms with Crippen molar-refractivity contribution in [2.24, 2.45) is 4.99 Å². The lowest BCUT2D eigenvalue weighted by molar-refractivity contribution is -0.114. The smallest absolute Gasteiger partial charge is 0.348 e. The number of urea groups is 1. The molecular weight excluding hydrogens is 408 g/mol. The van der Waals surface area contributed by atoms with Crippen molar-refractivity contribution in [3.05, 3.63) is 71.1 Å². The molecule has 0 atom stereocenters. The lowest BCUT2D eigenvalue weighted by Crippen LogP contribution is -2.31. The molecule has 2 heterocycles. The van der Waals surface area contributed by atoms with Gasteiger partial charge in [-0.15, -0.1) is 4.99 Å². The number of halogens is 1. The summed E-state index contributed by atoms with van der Waals surface area (Å²) < 4.78 is 10.7. The van der Waals surface area contributed by atoms with Crippen LogP contribution in [0.15, 0.2) is 65.5 Å². The molecule has 9 heteroatoms. The maximum atomic E-state index is 12.5. The molecule has 0 bridgehead atoms. The maximum absolute atomic E-state index is 12.5. The van der Waals surface area contributed by atoms with Gasteiger partial charge in [-0.3, -0.25) is 9.69 Å². The fourth-order valence-electron chi connectivity index (χ4n) is 3.10. The average Bonchev–Trinajstić information content (AvgIpc) is 3.07. The fourth-order valence-corrected chi connectivity index (χ4v) is 3.32. The van der Waals surface area contributed by atoms with E-state index in [1.807, 2.05) is 18.2 Å². The molecule has 3 amide bonds. The van der Waals surface area contributed by atoms with Gasteiger partial charge in [0.1, 0.15) is 5.75 Å². The molecule has 0 unspecified atom stereocenters. The van der Waals surface area contributed by atoms with Crippen molar-refractivity contribution >= 4 is 35.2 Å². The third kappa shape index (κ3) is 4.38. The number of amides is 3. The SMILES string of the molecule is COc1cccc(NC(=O)C2=CN3CCN(Cc4cccc(Cl)c4)C(=O)N=C3O2)c1. The number of methoxy groups -OCH3 is 1. The van der Waals surface area contributed by atoms with Gasteiger partial charge in [0.2, 0.25) is 5.76 Å². The number of benzene rings is 2. The van der Waals surface area contributed by atoms with Crippen molar-refractivity contribution in [2.75, 3.05) is 25.5 Å². The largest absolute Gasteiger partial charge is 0.497 e. The van der Waals surface area contributed by atoms with Crippen LogP contribution in [0.25, 0.3) is 0 Å². The molecule has 154 valence electrons. The van der Waals surface area contributed by atoms with E-state index in [4.69, 9.17) is 21.1 Å². The highest BCUT2D eigenvalue weighted by molar-refractivity contribution is 6.30. The standard InChI is InChI=1S/C21H19ClN4O4/c1-29-17-7-3-6-16(11-17)23-19(27)18-13-26-9-8-25(20(28)24-21(26)30-18)12-14-4-2-5-15(22)10-14/h2-7,10-11,13H,8-9,12H2,1H3,(H,23,27). The van der Waals surface area contributed by atoms with E-state index in [-0.39, 0.29) is 11.8 Å². The second kappa shape index (κ2) is 8.46. The molecule has 2 aliphatic rings. The second-order valence-electron chi connectivity index (χ2n) is 6.70. The normalized spacial score (nSPS) is 15.6. The van der Waals surface area contributed by atoms with Crippen LogP contribution >= 0.6 is 11.6 Å². The first-order chi connectivity index (χ1) is 14.5. The summed E-state index contributed by atoms with van der Waals surface area (Å²) >= 11 is 6.02. The number of carbonyl (C=O) groups excluding carboxylic acids is 2. The van der Waals surface area contributed by atoms with Crippen molar-refractivity contribution in [3.8, 4) is 5.75 Å². The zero-order valence-electron chi connectivity index (χ0n) is 16.2. The first-order valence-corrected chi connectivity index (χ1v) is 9.63. The summed E-state index contributed by atoms with van der Waals surface area (Å²) in [5.74, 6) is 0.243. The lowest BCUT2D eigenvalue weighted by atomic mass is 10.2. The van der Waals surface area contributed by atoms with E-state index in [0.717, 1.165) is 5.56 Å². The van der Waals surface area contributed by atoms with Crippen LogP contribution in [0.1, 0.15) is 5.56 Å². The van der Waals surface area contributed by atoms with E-state index in [1.54, 1.807) is 53.4 Å². The third-order valence-electron chi connectivity index (χ3n) is 4.61. The molecule has 0 aromatic heterocycles. The minimum Gasteiger partial charge on any atom is -0.497 e. The van der Waals surface area contributed by atoms with Gasteiger partial charge in [-0.2, -0.15) is 0 Å². The summed E-state index contributed by atoms with van der Waals surface area (Å²) in [6.45, 7) is 1.25. The van der Waals surface area contributed by atoms with Crippen LogP contribution in [0.5, 0.6) is 5.75 Å². The van der Waals surface area contributed by atoms with Crippen molar-refractivity contribution in [2.45, 2.75) is 6.54 Å². The second-order valence-corrected chi connectivity index (χ2v) is 7.14. The van der Waals surface area contributed by atoms with Crippen LogP contribution in [0.4, 0.5) is 10.5 Å². The van der Waals surface area contributed by atoms with Gasteiger partial charge in [-0.25, -0.2) is 4.79 Å². The molecule has 0 spiro atoms. The summed E-state index contributed by atoms with van der Waals surface area (Å²) in [5, 5.41) is 3.35. The molecule has 0 radical (unpaired) electrons. The summed E-state index contributed by atoms with van der Waals surface area (Å²) in [7, 11) is 1.55. The number of aliphatic imine (C=N–C) groups is 1. The van der Waals surface area contributed by atoms with Crippen molar-refractivity contribution in [1.29, 1.82) is 0 Å². The lowest BCUT2D eigenvalue weighted by Gasteiger charge is -2.19. The van der Waals surface area contributed by atoms with E-state index in [1.165, 1.54) is 0 Å². The van der Waals surface area contributed by atoms with E-state index in [9.17, 15) is 9.59 Å². The predicted molar refractivity (Wildman–Crippen MR) is 112 cm³/mol. The third-order valence-corrected chi connectivity index (χ3v) is 4.84. The van der Waals surface area contributed by atoms with Gasteiger partial charge in [0.05, 0.1) is 13.3 Å². The monoisotopic (exact) mass is 426 g/mol. The highest BCUT2D eigenvalue weighted by Crippen LogP contribution is 2.22. The van der Waals surface area contributed by atoms with Crippen LogP contribution < -0.4 is 10.1 Å². The minimum atomic E-state index is -0.442. The number of hydrogen-bond acceptors (Lipinski definition) is 5. The number of fused-ring (bicyclic) bond motifs is 1. The van der Waals surface area contributed by atoms with E-state index in [2.05, 4.69) is 10.3 Å². The zero-order valence-corrected chi connectivity index (χ0v) is 16.9. The Bertz CT molecular complexity index is 1050. The summed E-state index contributed by atoms with van der Waals surface area (Å²) in [6, 6.07) is 14.0. The number of ether oxygens (including phenoxy) is 2. The van der Waals surface area contributed by atoms with Crippen molar-refractivity contribution < 1.29 is 19.1 Å². The van der Waals surface area contributed by atoms with Crippen molar-refractivity contribution in [3.63, 3.8) is 0 Å². The Morgan fingerprint density at radius 2 is 2.07 bits per heavy atom. The van der Waals surface area contributed by atoms with E-state index in [0.29, 0.717) is 36.1 Å². The number of amidine groups is 1. The molecule has 4 rings (SSSR count). The minimum absolute atomic E-state index is 0.0626. The van der Waals surface area contributed by atoms with Gasteiger partial charge in [0, 0.05) is 36.4 Å². The molecule has 0 saturated heterocycles. The number of hydrogen-bond donors (Lipinski definition) is 1. The molecule has 8 nitrogen and oxygen atoms in total. The summed E-state index contributed by atoms with van der Waals surface area (Å²) in [6.07, 6.45) is 1.55. The molecule has 0 saturated carbocycles. The number of nitrogens with zero attached hydrogens (tertiary/aromatic N) is 3. The Morgan fingerprint density at radius 3 is 2.87 bits per heavy atom. The Labute approximate surface area is 178 Å². The van der Waals surface area contributed by atoms with Gasteiger partial charge in [0.15, 0.2) is 0 Å². The number of anilines is 1. The van der Waals surface area contributed by atoms with Crippen LogP contribution in [-0.4, -0.2) is 48.0 Å². The summed E-state index contributed by atoms with van der Waals surface area (Å²) in [5.41, 5.74) is 1.48. The molecule has 30 heavy (non-hydrogen) atoms. The molecule has 2 aromatic rings. The average molecular weight is 427 g/mol. The van der Waals surface area contributed by atoms with Gasteiger partial charge < -0.3 is 19.7 Å². The summed E-state index contributed by atoms with van der Waals surface area (Å²) in [4.78, 5) is 32.4. The van der Waals surface area contributed by atoms with Crippen LogP contribution in [-0.2, 0) is 16.1 Å². The first kappa shape index (κ1) is 19.8. The molecule has 1 N–H and O–H groups in total. The molecule has 0 fully saturated rings. The van der Waals surface area contributed by atoms with Gasteiger partial charge in [-0.05, 0) is 29.8 Å². The molecule has 2 aliphatic heterocycles. The maximum Gasteiger partial charge on any atom is 0.348 e. The topological polar surface area (TPSA) is 83.5 Å². The highest BCUT2D eigenvalue weighted by atomic mass is 35.5. The Morgan fingerprint density at radius 1 is 1.23 bits per heavy atom. The Hall–Kier alpha value is -3.52. The molecule has 0 aliphatic carbocycles. The number of nitrogens with one attached hydrogen (secondary N) is 1. The Kier molecular flexibility index (Phi) is 5.58. The number of rotatable bonds is 5. The van der Waals surface area contributed by atoms with Gasteiger partial charge in [-0.1, -0.05) is 29.8 Å². The Balaban J connectivity index is 1.42. The fraction of sp³-hybridized carbons (Fsp3) is 0.190. The van der Waals surface area contributed by atoms with Gasteiger partial charge in [0.25, 0.3) is 5.91 Å². The quantitative estimate of drug-likeness (QED) is 0.791. The van der Waals surface area contributed by atoms with E-state index >= 15 is 0 Å². The first-order valence-electron chi connectivity index (χ1n) is 9.25. The van der Waals surface area contributed by atoms with Crippen LogP contribution in [0.3, 0.4) is 0 Å². The molecule has 2 aromatic carbocycles. The van der Waals surface area contributed by atoms with Crippen molar-refractivity contribution in [1.82, 2.24) is 9.80 Å². The zero-order chi connectivity index (χ0) is 21.1. The van der Waals surface area contributed by atoms with E-state index < -0.39 is 11.9 Å². The highest BCUT2D eigenvalue weighted by Gasteiger charge is 2.31. The van der Waals surface area contributed by atoms with Crippen LogP contribution in [0.2, 0.25) is 5.02 Å².